The Bertz CT molecular complexity index is 706. The number of fused-ring (bicyclic) bond motifs is 1. The number of carbonyl (C=O) groups is 1. The number of benzene rings is 1. The van der Waals surface area contributed by atoms with E-state index in [4.69, 9.17) is 15.2 Å². The fourth-order valence-corrected chi connectivity index (χ4v) is 6.50. The maximum Gasteiger partial charge on any atom is 0.167 e. The SMILES string of the molecule is COc1cc(OC)cc(C(=O)[C@H]2[C@H](C)C(CN)C[C@H]3C(C)(C)CCC[C@]23C)c1. The molecular formula is C24H37NO3. The molecule has 0 saturated heterocycles. The van der Waals surface area contributed by atoms with Gasteiger partial charge in [-0.3, -0.25) is 4.79 Å². The summed E-state index contributed by atoms with van der Waals surface area (Å²) in [6.07, 6.45) is 4.66. The van der Waals surface area contributed by atoms with Gasteiger partial charge in [-0.15, -0.1) is 0 Å². The lowest BCUT2D eigenvalue weighted by Crippen LogP contribution is -2.56. The highest BCUT2D eigenvalue weighted by molar-refractivity contribution is 5.99. The van der Waals surface area contributed by atoms with E-state index in [0.717, 1.165) is 12.8 Å². The van der Waals surface area contributed by atoms with Gasteiger partial charge in [0.2, 0.25) is 0 Å². The van der Waals surface area contributed by atoms with E-state index in [1.54, 1.807) is 14.2 Å². The van der Waals surface area contributed by atoms with E-state index in [1.165, 1.54) is 12.8 Å². The van der Waals surface area contributed by atoms with Gasteiger partial charge in [-0.1, -0.05) is 34.1 Å². The summed E-state index contributed by atoms with van der Waals surface area (Å²) in [7, 11) is 3.25. The molecule has 2 saturated carbocycles. The van der Waals surface area contributed by atoms with Gasteiger partial charge < -0.3 is 15.2 Å². The van der Waals surface area contributed by atoms with Crippen molar-refractivity contribution in [1.82, 2.24) is 0 Å². The quantitative estimate of drug-likeness (QED) is 0.726. The molecule has 0 spiro atoms. The first kappa shape index (κ1) is 21.2. The first-order valence-corrected chi connectivity index (χ1v) is 10.6. The third-order valence-corrected chi connectivity index (χ3v) is 8.02. The molecule has 5 atom stereocenters. The largest absolute Gasteiger partial charge is 0.497 e. The first-order valence-electron chi connectivity index (χ1n) is 10.6. The van der Waals surface area contributed by atoms with Gasteiger partial charge in [0.15, 0.2) is 5.78 Å². The van der Waals surface area contributed by atoms with Crippen LogP contribution in [0.3, 0.4) is 0 Å². The molecule has 1 aromatic carbocycles. The van der Waals surface area contributed by atoms with E-state index >= 15 is 0 Å². The zero-order valence-electron chi connectivity index (χ0n) is 18.4. The predicted molar refractivity (Wildman–Crippen MR) is 113 cm³/mol. The number of ether oxygens (including phenoxy) is 2. The second-order valence-electron chi connectivity index (χ2n) is 9.93. The molecule has 0 aliphatic heterocycles. The Morgan fingerprint density at radius 1 is 1.11 bits per heavy atom. The Morgan fingerprint density at radius 3 is 2.25 bits per heavy atom. The fraction of sp³-hybridized carbons (Fsp3) is 0.708. The molecule has 0 bridgehead atoms. The van der Waals surface area contributed by atoms with Crippen molar-refractivity contribution in [2.75, 3.05) is 20.8 Å². The molecule has 2 N–H and O–H groups in total. The molecule has 2 aliphatic carbocycles. The highest BCUT2D eigenvalue weighted by Crippen LogP contribution is 2.62. The van der Waals surface area contributed by atoms with Crippen molar-refractivity contribution in [3.8, 4) is 11.5 Å². The number of carbonyl (C=O) groups excluding carboxylic acids is 1. The summed E-state index contributed by atoms with van der Waals surface area (Å²) in [5.74, 6) is 2.67. The second kappa shape index (κ2) is 7.70. The zero-order chi connectivity index (χ0) is 20.7. The van der Waals surface area contributed by atoms with Crippen molar-refractivity contribution < 1.29 is 14.3 Å². The third kappa shape index (κ3) is 3.45. The van der Waals surface area contributed by atoms with Crippen LogP contribution < -0.4 is 15.2 Å². The number of methoxy groups -OCH3 is 2. The fourth-order valence-electron chi connectivity index (χ4n) is 6.50. The molecule has 3 rings (SSSR count). The third-order valence-electron chi connectivity index (χ3n) is 8.02. The molecule has 0 amide bonds. The predicted octanol–water partition coefficient (Wildman–Crippen LogP) is 4.95. The van der Waals surface area contributed by atoms with Gasteiger partial charge in [0.1, 0.15) is 11.5 Å². The molecule has 1 unspecified atom stereocenters. The minimum Gasteiger partial charge on any atom is -0.497 e. The summed E-state index contributed by atoms with van der Waals surface area (Å²) >= 11 is 0. The number of Topliss-reactive ketones (excluding diaryl/α,β-unsaturated/α-hetero) is 1. The Morgan fingerprint density at radius 2 is 1.71 bits per heavy atom. The van der Waals surface area contributed by atoms with E-state index in [-0.39, 0.29) is 28.4 Å². The molecule has 1 aromatic rings. The average Bonchev–Trinajstić information content (AvgIpc) is 2.66. The van der Waals surface area contributed by atoms with Crippen LogP contribution in [0.25, 0.3) is 0 Å². The molecule has 2 aliphatic rings. The smallest absolute Gasteiger partial charge is 0.167 e. The minimum atomic E-state index is -0.0313. The summed E-state index contributed by atoms with van der Waals surface area (Å²) in [6, 6.07) is 5.53. The van der Waals surface area contributed by atoms with Gasteiger partial charge in [0, 0.05) is 17.5 Å². The standard InChI is InChI=1S/C24H37NO3/c1-15-17(14-25)12-20-23(2,3)8-7-9-24(20,4)21(15)22(26)16-10-18(27-5)13-19(11-16)28-6/h10-11,13,15,17,20-21H,7-9,12,14,25H2,1-6H3/t15-,17?,20+,21-,24+/m1/s1. The lowest BCUT2D eigenvalue weighted by molar-refractivity contribution is -0.0998. The molecule has 4 heteroatoms. The van der Waals surface area contributed by atoms with E-state index in [2.05, 4.69) is 27.7 Å². The number of ketones is 1. The van der Waals surface area contributed by atoms with Crippen molar-refractivity contribution in [3.63, 3.8) is 0 Å². The normalized spacial score (nSPS) is 34.4. The van der Waals surface area contributed by atoms with Crippen LogP contribution in [0.15, 0.2) is 18.2 Å². The molecule has 4 nitrogen and oxygen atoms in total. The van der Waals surface area contributed by atoms with Gasteiger partial charge >= 0.3 is 0 Å². The van der Waals surface area contributed by atoms with Crippen LogP contribution in [0.5, 0.6) is 11.5 Å². The van der Waals surface area contributed by atoms with Crippen LogP contribution in [0.1, 0.15) is 63.7 Å². The number of hydrogen-bond acceptors (Lipinski definition) is 4. The lowest BCUT2D eigenvalue weighted by Gasteiger charge is -2.60. The van der Waals surface area contributed by atoms with Gasteiger partial charge in [-0.05, 0) is 66.5 Å². The summed E-state index contributed by atoms with van der Waals surface area (Å²) in [5.41, 5.74) is 7.12. The summed E-state index contributed by atoms with van der Waals surface area (Å²) < 4.78 is 10.8. The number of rotatable bonds is 5. The zero-order valence-corrected chi connectivity index (χ0v) is 18.4. The molecule has 2 fully saturated rings. The van der Waals surface area contributed by atoms with Crippen LogP contribution in [0.4, 0.5) is 0 Å². The van der Waals surface area contributed by atoms with E-state index < -0.39 is 0 Å². The number of hydrogen-bond donors (Lipinski definition) is 1. The van der Waals surface area contributed by atoms with Crippen molar-refractivity contribution in [3.05, 3.63) is 23.8 Å². The summed E-state index contributed by atoms with van der Waals surface area (Å²) in [4.78, 5) is 13.9. The molecule has 0 heterocycles. The van der Waals surface area contributed by atoms with E-state index in [9.17, 15) is 4.79 Å². The van der Waals surface area contributed by atoms with Crippen LogP contribution in [-0.4, -0.2) is 26.5 Å². The van der Waals surface area contributed by atoms with E-state index in [1.807, 2.05) is 18.2 Å². The molecule has 0 radical (unpaired) electrons. The monoisotopic (exact) mass is 387 g/mol. The van der Waals surface area contributed by atoms with Crippen molar-refractivity contribution >= 4 is 5.78 Å². The van der Waals surface area contributed by atoms with Gasteiger partial charge in [0.25, 0.3) is 0 Å². The Labute approximate surface area is 170 Å². The van der Waals surface area contributed by atoms with Gasteiger partial charge in [0.05, 0.1) is 14.2 Å². The van der Waals surface area contributed by atoms with Crippen molar-refractivity contribution in [2.45, 2.75) is 53.4 Å². The highest BCUT2D eigenvalue weighted by Gasteiger charge is 2.58. The molecule has 28 heavy (non-hydrogen) atoms. The summed E-state index contributed by atoms with van der Waals surface area (Å²) in [5, 5.41) is 0. The molecular weight excluding hydrogens is 350 g/mol. The maximum atomic E-state index is 13.9. The highest BCUT2D eigenvalue weighted by atomic mass is 16.5. The van der Waals surface area contributed by atoms with Crippen LogP contribution >= 0.6 is 0 Å². The van der Waals surface area contributed by atoms with Crippen molar-refractivity contribution in [2.24, 2.45) is 40.2 Å². The van der Waals surface area contributed by atoms with Crippen LogP contribution in [-0.2, 0) is 0 Å². The number of nitrogens with two attached hydrogens (primary N) is 1. The first-order chi connectivity index (χ1) is 13.2. The molecule has 156 valence electrons. The topological polar surface area (TPSA) is 61.5 Å². The average molecular weight is 388 g/mol. The Hall–Kier alpha value is -1.55. The van der Waals surface area contributed by atoms with Crippen LogP contribution in [0.2, 0.25) is 0 Å². The van der Waals surface area contributed by atoms with Gasteiger partial charge in [-0.2, -0.15) is 0 Å². The Kier molecular flexibility index (Phi) is 5.82. The second-order valence-corrected chi connectivity index (χ2v) is 9.93. The van der Waals surface area contributed by atoms with Gasteiger partial charge in [-0.25, -0.2) is 0 Å². The summed E-state index contributed by atoms with van der Waals surface area (Å²) in [6.45, 7) is 10.0. The van der Waals surface area contributed by atoms with Crippen molar-refractivity contribution in [1.29, 1.82) is 0 Å². The van der Waals surface area contributed by atoms with E-state index in [0.29, 0.717) is 35.4 Å². The maximum absolute atomic E-state index is 13.9. The van der Waals surface area contributed by atoms with Crippen LogP contribution in [0, 0.1) is 34.5 Å². The molecule has 0 aromatic heterocycles. The lowest BCUT2D eigenvalue weighted by atomic mass is 9.44. The Balaban J connectivity index is 2.07. The minimum absolute atomic E-state index is 0.000230.